The first kappa shape index (κ1) is 7.46. The summed E-state index contributed by atoms with van der Waals surface area (Å²) in [5.74, 6) is 0.332. The predicted molar refractivity (Wildman–Crippen MR) is 41.5 cm³/mol. The normalized spacial score (nSPS) is 39.0. The molecule has 0 saturated carbocycles. The molecular weight excluding hydrogens is 133 g/mol. The van der Waals surface area contributed by atoms with Crippen molar-refractivity contribution in [1.29, 1.82) is 0 Å². The molecular formula is C6H14NOP. The van der Waals surface area contributed by atoms with Crippen molar-refractivity contribution in [3.63, 3.8) is 0 Å². The Hall–Kier alpha value is 0.350. The Labute approximate surface area is 58.8 Å². The zero-order chi connectivity index (χ0) is 6.85. The van der Waals surface area contributed by atoms with Gasteiger partial charge in [0, 0.05) is 13.1 Å². The van der Waals surface area contributed by atoms with Crippen molar-refractivity contribution in [3.8, 4) is 0 Å². The monoisotopic (exact) mass is 147 g/mol. The molecule has 54 valence electrons. The second-order valence-electron chi connectivity index (χ2n) is 2.71. The summed E-state index contributed by atoms with van der Waals surface area (Å²) in [4.78, 5) is 2.28. The molecule has 0 radical (unpaired) electrons. The minimum absolute atomic E-state index is 0.332. The quantitative estimate of drug-likeness (QED) is 0.464. The van der Waals surface area contributed by atoms with Crippen molar-refractivity contribution < 1.29 is 4.74 Å². The molecule has 1 aliphatic rings. The van der Waals surface area contributed by atoms with Gasteiger partial charge in [-0.3, -0.25) is 0 Å². The largest absolute Gasteiger partial charge is 0.369 e. The molecule has 1 aliphatic heterocycles. The predicted octanol–water partition coefficient (Wildman–Crippen LogP) is 0.538. The number of rotatable bonds is 0. The molecule has 2 nitrogen and oxygen atoms in total. The number of nitrogens with zero attached hydrogens (tertiary/aromatic N) is 1. The van der Waals surface area contributed by atoms with E-state index >= 15 is 0 Å². The first-order chi connectivity index (χ1) is 4.18. The highest BCUT2D eigenvalue weighted by Gasteiger charge is 2.18. The van der Waals surface area contributed by atoms with E-state index in [1.807, 2.05) is 0 Å². The molecule has 1 rings (SSSR count). The summed E-state index contributed by atoms with van der Waals surface area (Å²) < 4.78 is 5.48. The van der Waals surface area contributed by atoms with Gasteiger partial charge in [-0.15, -0.1) is 9.24 Å². The van der Waals surface area contributed by atoms with E-state index in [1.165, 1.54) is 0 Å². The first-order valence-electron chi connectivity index (χ1n) is 3.28. The average molecular weight is 147 g/mol. The highest BCUT2D eigenvalue weighted by Crippen LogP contribution is 2.13. The van der Waals surface area contributed by atoms with E-state index in [-0.39, 0.29) is 0 Å². The van der Waals surface area contributed by atoms with E-state index < -0.39 is 0 Å². The molecule has 0 bridgehead atoms. The van der Waals surface area contributed by atoms with E-state index in [0.29, 0.717) is 11.9 Å². The third-order valence-corrected chi connectivity index (χ3v) is 1.84. The summed E-state index contributed by atoms with van der Waals surface area (Å²) in [6.45, 7) is 4.20. The summed E-state index contributed by atoms with van der Waals surface area (Å²) in [5.41, 5.74) is 0. The molecule has 1 heterocycles. The number of hydrogen-bond donors (Lipinski definition) is 0. The van der Waals surface area contributed by atoms with Crippen molar-refractivity contribution >= 4 is 9.24 Å². The molecule has 1 fully saturated rings. The SMILES string of the molecule is CC1CN(C)CC(P)O1. The minimum atomic E-state index is 0.332. The van der Waals surface area contributed by atoms with E-state index in [2.05, 4.69) is 28.1 Å². The van der Waals surface area contributed by atoms with Crippen molar-refractivity contribution in [3.05, 3.63) is 0 Å². The fourth-order valence-electron chi connectivity index (χ4n) is 1.21. The third-order valence-electron chi connectivity index (χ3n) is 1.47. The Kier molecular flexibility index (Phi) is 2.45. The summed E-state index contributed by atoms with van der Waals surface area (Å²) in [5, 5.41) is 0. The summed E-state index contributed by atoms with van der Waals surface area (Å²) >= 11 is 0. The molecule has 1 saturated heterocycles. The zero-order valence-corrected chi connectivity index (χ0v) is 7.16. The molecule has 9 heavy (non-hydrogen) atoms. The molecule has 0 aromatic carbocycles. The molecule has 0 amide bonds. The van der Waals surface area contributed by atoms with Gasteiger partial charge >= 0.3 is 0 Å². The average Bonchev–Trinajstić information content (AvgIpc) is 1.59. The molecule has 0 aromatic rings. The summed E-state index contributed by atoms with van der Waals surface area (Å²) in [6.07, 6.45) is 0.395. The fourth-order valence-corrected chi connectivity index (χ4v) is 1.83. The van der Waals surface area contributed by atoms with Crippen LogP contribution < -0.4 is 0 Å². The fraction of sp³-hybridized carbons (Fsp3) is 1.00. The van der Waals surface area contributed by atoms with E-state index in [0.717, 1.165) is 13.1 Å². The van der Waals surface area contributed by atoms with Gasteiger partial charge in [-0.25, -0.2) is 0 Å². The van der Waals surface area contributed by atoms with Crippen LogP contribution in [0.3, 0.4) is 0 Å². The van der Waals surface area contributed by atoms with Crippen LogP contribution in [0.15, 0.2) is 0 Å². The van der Waals surface area contributed by atoms with Gasteiger partial charge in [-0.1, -0.05) is 0 Å². The van der Waals surface area contributed by atoms with Crippen molar-refractivity contribution in [1.82, 2.24) is 4.90 Å². The van der Waals surface area contributed by atoms with Gasteiger partial charge in [-0.05, 0) is 14.0 Å². The smallest absolute Gasteiger partial charge is 0.0838 e. The third kappa shape index (κ3) is 2.21. The van der Waals surface area contributed by atoms with E-state index in [9.17, 15) is 0 Å². The van der Waals surface area contributed by atoms with Crippen molar-refractivity contribution in [2.75, 3.05) is 20.1 Å². The first-order valence-corrected chi connectivity index (χ1v) is 3.94. The number of ether oxygens (including phenoxy) is 1. The Morgan fingerprint density at radius 1 is 1.56 bits per heavy atom. The van der Waals surface area contributed by atoms with E-state index in [1.54, 1.807) is 0 Å². The number of likely N-dealkylation sites (N-methyl/N-ethyl adjacent to an activating group) is 1. The zero-order valence-electron chi connectivity index (χ0n) is 6.00. The molecule has 0 aromatic heterocycles. The van der Waals surface area contributed by atoms with Gasteiger partial charge in [0.2, 0.25) is 0 Å². The van der Waals surface area contributed by atoms with Crippen LogP contribution in [0.2, 0.25) is 0 Å². The van der Waals surface area contributed by atoms with E-state index in [4.69, 9.17) is 4.74 Å². The summed E-state index contributed by atoms with van der Waals surface area (Å²) in [7, 11) is 4.81. The van der Waals surface area contributed by atoms with Gasteiger partial charge < -0.3 is 9.64 Å². The van der Waals surface area contributed by atoms with Gasteiger partial charge in [0.1, 0.15) is 0 Å². The second-order valence-corrected chi connectivity index (χ2v) is 3.45. The van der Waals surface area contributed by atoms with Crippen LogP contribution in [0.1, 0.15) is 6.92 Å². The topological polar surface area (TPSA) is 12.5 Å². The Balaban J connectivity index is 2.34. The maximum absolute atomic E-state index is 5.48. The van der Waals surface area contributed by atoms with Gasteiger partial charge in [0.25, 0.3) is 0 Å². The lowest BCUT2D eigenvalue weighted by molar-refractivity contribution is -0.0276. The van der Waals surface area contributed by atoms with Gasteiger partial charge in [-0.2, -0.15) is 0 Å². The van der Waals surface area contributed by atoms with Gasteiger partial charge in [0.15, 0.2) is 0 Å². The number of morpholine rings is 1. The summed E-state index contributed by atoms with van der Waals surface area (Å²) in [6, 6.07) is 0. The lowest BCUT2D eigenvalue weighted by atomic mass is 10.3. The van der Waals surface area contributed by atoms with Crippen molar-refractivity contribution in [2.45, 2.75) is 18.9 Å². The highest BCUT2D eigenvalue weighted by atomic mass is 31.0. The maximum atomic E-state index is 5.48. The molecule has 0 spiro atoms. The number of hydrogen-bond acceptors (Lipinski definition) is 2. The molecule has 3 unspecified atom stereocenters. The lowest BCUT2D eigenvalue weighted by Crippen LogP contribution is -2.41. The maximum Gasteiger partial charge on any atom is 0.0838 e. The van der Waals surface area contributed by atoms with Crippen LogP contribution >= 0.6 is 9.24 Å². The lowest BCUT2D eigenvalue weighted by Gasteiger charge is -2.32. The Morgan fingerprint density at radius 3 is 2.67 bits per heavy atom. The highest BCUT2D eigenvalue weighted by molar-refractivity contribution is 7.17. The standard InChI is InChI=1S/C6H14NOP/c1-5-3-7(2)4-6(9)8-5/h5-6H,3-4,9H2,1-2H3. The van der Waals surface area contributed by atoms with Gasteiger partial charge in [0.05, 0.1) is 11.9 Å². The Bertz CT molecular complexity index is 74.0. The molecule has 3 atom stereocenters. The second kappa shape index (κ2) is 2.96. The van der Waals surface area contributed by atoms with Crippen LogP contribution in [0.25, 0.3) is 0 Å². The van der Waals surface area contributed by atoms with Crippen LogP contribution in [0.5, 0.6) is 0 Å². The molecule has 3 heteroatoms. The Morgan fingerprint density at radius 2 is 2.22 bits per heavy atom. The van der Waals surface area contributed by atoms with Crippen LogP contribution in [-0.4, -0.2) is 37.0 Å². The van der Waals surface area contributed by atoms with Crippen LogP contribution in [0.4, 0.5) is 0 Å². The molecule has 0 N–H and O–H groups in total. The van der Waals surface area contributed by atoms with Crippen LogP contribution in [-0.2, 0) is 4.74 Å². The minimum Gasteiger partial charge on any atom is -0.369 e. The van der Waals surface area contributed by atoms with Crippen LogP contribution in [0, 0.1) is 0 Å². The van der Waals surface area contributed by atoms with Crippen molar-refractivity contribution in [2.24, 2.45) is 0 Å². The molecule has 0 aliphatic carbocycles.